The van der Waals surface area contributed by atoms with Gasteiger partial charge in [-0.1, -0.05) is 6.42 Å². The number of halogens is 6. The van der Waals surface area contributed by atoms with Crippen LogP contribution in [0.5, 0.6) is 0 Å². The Kier molecular flexibility index (Phi) is 11.8. The van der Waals surface area contributed by atoms with E-state index in [0.717, 1.165) is 25.9 Å². The van der Waals surface area contributed by atoms with Gasteiger partial charge in [-0.15, -0.1) is 0 Å². The maximum absolute atomic E-state index is 10.6. The van der Waals surface area contributed by atoms with Crippen molar-refractivity contribution in [2.24, 2.45) is 11.3 Å². The third-order valence-corrected chi connectivity index (χ3v) is 7.14. The van der Waals surface area contributed by atoms with Gasteiger partial charge in [0.2, 0.25) is 0 Å². The molecule has 14 heteroatoms. The second-order valence-electron chi connectivity index (χ2n) is 9.48. The number of aliphatic carboxylic acids is 2. The SMILES string of the molecule is O=C(O)C(F)(F)F.O=C(O)C(F)(F)F.c1cc(COCC2COCCC23CCN(C2CCC2)CC3)ccn1. The molecule has 1 saturated carbocycles. The lowest BCUT2D eigenvalue weighted by molar-refractivity contribution is -0.193. The lowest BCUT2D eigenvalue weighted by Gasteiger charge is -2.51. The van der Waals surface area contributed by atoms with Crippen molar-refractivity contribution in [1.29, 1.82) is 0 Å². The number of aromatic nitrogens is 1. The van der Waals surface area contributed by atoms with Crippen molar-refractivity contribution in [3.8, 4) is 0 Å². The summed E-state index contributed by atoms with van der Waals surface area (Å²) < 4.78 is 75.4. The smallest absolute Gasteiger partial charge is 0.475 e. The van der Waals surface area contributed by atoms with E-state index in [-0.39, 0.29) is 0 Å². The molecule has 0 bridgehead atoms. The minimum Gasteiger partial charge on any atom is -0.475 e. The number of ether oxygens (including phenoxy) is 2. The summed E-state index contributed by atoms with van der Waals surface area (Å²) in [4.78, 5) is 24.6. The predicted octanol–water partition coefficient (Wildman–Crippen LogP) is 4.54. The molecule has 3 aliphatic rings. The third kappa shape index (κ3) is 10.0. The van der Waals surface area contributed by atoms with Gasteiger partial charge in [0.1, 0.15) is 0 Å². The molecule has 2 aliphatic heterocycles. The molecule has 216 valence electrons. The fourth-order valence-electron chi connectivity index (χ4n) is 4.65. The number of carbonyl (C=O) groups is 2. The van der Waals surface area contributed by atoms with Crippen LogP contribution in [0.2, 0.25) is 0 Å². The number of piperidine rings is 1. The number of hydrogen-bond acceptors (Lipinski definition) is 6. The molecule has 1 aliphatic carbocycles. The highest BCUT2D eigenvalue weighted by molar-refractivity contribution is 5.73. The molecule has 4 rings (SSSR count). The number of alkyl halides is 6. The van der Waals surface area contributed by atoms with E-state index in [1.807, 2.05) is 24.5 Å². The summed E-state index contributed by atoms with van der Waals surface area (Å²) >= 11 is 0. The van der Waals surface area contributed by atoms with Crippen LogP contribution < -0.4 is 0 Å². The molecule has 2 saturated heterocycles. The van der Waals surface area contributed by atoms with Gasteiger partial charge in [0, 0.05) is 31.0 Å². The highest BCUT2D eigenvalue weighted by Gasteiger charge is 2.44. The topological polar surface area (TPSA) is 109 Å². The zero-order chi connectivity index (χ0) is 28.4. The van der Waals surface area contributed by atoms with E-state index >= 15 is 0 Å². The normalized spacial score (nSPS) is 21.8. The zero-order valence-corrected chi connectivity index (χ0v) is 20.6. The number of pyridine rings is 1. The lowest BCUT2D eigenvalue weighted by Crippen LogP contribution is -2.52. The first kappa shape index (κ1) is 31.8. The highest BCUT2D eigenvalue weighted by Crippen LogP contribution is 2.46. The Labute approximate surface area is 215 Å². The summed E-state index contributed by atoms with van der Waals surface area (Å²) in [7, 11) is 0. The van der Waals surface area contributed by atoms with Crippen LogP contribution in [0.1, 0.15) is 44.1 Å². The van der Waals surface area contributed by atoms with E-state index < -0.39 is 24.3 Å². The molecule has 0 radical (unpaired) electrons. The van der Waals surface area contributed by atoms with Crippen LogP contribution in [0.3, 0.4) is 0 Å². The van der Waals surface area contributed by atoms with Gasteiger partial charge in [-0.2, -0.15) is 26.3 Å². The van der Waals surface area contributed by atoms with E-state index in [0.29, 0.717) is 17.9 Å². The van der Waals surface area contributed by atoms with Crippen LogP contribution in [-0.4, -0.2) is 83.3 Å². The molecule has 38 heavy (non-hydrogen) atoms. The molecule has 0 aromatic carbocycles. The van der Waals surface area contributed by atoms with Crippen LogP contribution in [-0.2, 0) is 25.7 Å². The molecule has 1 aromatic heterocycles. The first-order valence-electron chi connectivity index (χ1n) is 12.1. The molecule has 3 fully saturated rings. The van der Waals surface area contributed by atoms with E-state index in [1.54, 1.807) is 0 Å². The summed E-state index contributed by atoms with van der Waals surface area (Å²) in [6.45, 7) is 5.89. The number of carboxylic acid groups (broad SMARTS) is 2. The van der Waals surface area contributed by atoms with Crippen molar-refractivity contribution >= 4 is 11.9 Å². The van der Waals surface area contributed by atoms with Gasteiger partial charge in [0.15, 0.2) is 0 Å². The van der Waals surface area contributed by atoms with Gasteiger partial charge < -0.3 is 24.6 Å². The second kappa shape index (κ2) is 14.1. The monoisotopic (exact) mass is 558 g/mol. The van der Waals surface area contributed by atoms with Crippen molar-refractivity contribution in [3.05, 3.63) is 30.1 Å². The highest BCUT2D eigenvalue weighted by atomic mass is 19.4. The van der Waals surface area contributed by atoms with E-state index in [2.05, 4.69) is 9.88 Å². The Morgan fingerprint density at radius 1 is 1.00 bits per heavy atom. The fraction of sp³-hybridized carbons (Fsp3) is 0.708. The largest absolute Gasteiger partial charge is 0.490 e. The number of nitrogens with zero attached hydrogens (tertiary/aromatic N) is 2. The molecule has 3 heterocycles. The maximum atomic E-state index is 10.6. The average Bonchev–Trinajstić information content (AvgIpc) is 2.81. The van der Waals surface area contributed by atoms with Crippen molar-refractivity contribution in [3.63, 3.8) is 0 Å². The summed E-state index contributed by atoms with van der Waals surface area (Å²) in [5.41, 5.74) is 1.66. The van der Waals surface area contributed by atoms with E-state index in [1.165, 1.54) is 57.2 Å². The number of likely N-dealkylation sites (tertiary alicyclic amines) is 1. The fourth-order valence-corrected chi connectivity index (χ4v) is 4.65. The van der Waals surface area contributed by atoms with Crippen molar-refractivity contribution in [1.82, 2.24) is 9.88 Å². The van der Waals surface area contributed by atoms with Crippen LogP contribution in [0, 0.1) is 11.3 Å². The molecule has 2 N–H and O–H groups in total. The molecular weight excluding hydrogens is 526 g/mol. The van der Waals surface area contributed by atoms with Gasteiger partial charge in [0.25, 0.3) is 0 Å². The van der Waals surface area contributed by atoms with Crippen molar-refractivity contribution in [2.75, 3.05) is 32.9 Å². The zero-order valence-electron chi connectivity index (χ0n) is 20.6. The van der Waals surface area contributed by atoms with Gasteiger partial charge in [-0.3, -0.25) is 4.98 Å². The predicted molar refractivity (Wildman–Crippen MR) is 121 cm³/mol. The standard InChI is InChI=1S/C20H30N2O2.2C2HF3O2/c1-2-19(3-1)22-11-6-20(7-12-22)8-13-23-15-18(20)16-24-14-17-4-9-21-10-5-17;2*3-2(4,5)1(6)7/h4-5,9-10,18-19H,1-3,6-8,11-16H2;2*(H,6,7). The van der Waals surface area contributed by atoms with E-state index in [9.17, 15) is 26.3 Å². The third-order valence-electron chi connectivity index (χ3n) is 7.14. The molecule has 8 nitrogen and oxygen atoms in total. The minimum atomic E-state index is -5.08. The van der Waals surface area contributed by atoms with Crippen LogP contribution in [0.15, 0.2) is 24.5 Å². The molecule has 1 atom stereocenters. The molecular formula is C24H32F6N2O6. The van der Waals surface area contributed by atoms with Crippen LogP contribution >= 0.6 is 0 Å². The minimum absolute atomic E-state index is 0.455. The number of rotatable bonds is 5. The summed E-state index contributed by atoms with van der Waals surface area (Å²) in [6, 6.07) is 4.96. The first-order valence-corrected chi connectivity index (χ1v) is 12.1. The second-order valence-corrected chi connectivity index (χ2v) is 9.48. The number of hydrogen-bond donors (Lipinski definition) is 2. The van der Waals surface area contributed by atoms with Crippen LogP contribution in [0.4, 0.5) is 26.3 Å². The van der Waals surface area contributed by atoms with Crippen molar-refractivity contribution in [2.45, 2.75) is 63.5 Å². The molecule has 1 unspecified atom stereocenters. The summed E-state index contributed by atoms with van der Waals surface area (Å²) in [5.74, 6) is -4.96. The quantitative estimate of drug-likeness (QED) is 0.508. The van der Waals surface area contributed by atoms with Gasteiger partial charge in [-0.25, -0.2) is 9.59 Å². The van der Waals surface area contributed by atoms with Gasteiger partial charge in [-0.05, 0) is 68.3 Å². The molecule has 0 amide bonds. The Balaban J connectivity index is 0.000000301. The van der Waals surface area contributed by atoms with E-state index in [4.69, 9.17) is 29.3 Å². The molecule has 1 aromatic rings. The van der Waals surface area contributed by atoms with Gasteiger partial charge in [0.05, 0.1) is 19.8 Å². The Morgan fingerprint density at radius 2 is 1.53 bits per heavy atom. The Morgan fingerprint density at radius 3 is 1.97 bits per heavy atom. The molecule has 1 spiro atoms. The van der Waals surface area contributed by atoms with Gasteiger partial charge >= 0.3 is 24.3 Å². The Bertz CT molecular complexity index is 847. The Hall–Kier alpha value is -2.45. The summed E-state index contributed by atoms with van der Waals surface area (Å²) in [5, 5.41) is 14.2. The maximum Gasteiger partial charge on any atom is 0.490 e. The first-order chi connectivity index (χ1) is 17.7. The lowest BCUT2D eigenvalue weighted by atomic mass is 9.65. The van der Waals surface area contributed by atoms with Crippen LogP contribution in [0.25, 0.3) is 0 Å². The van der Waals surface area contributed by atoms with Crippen molar-refractivity contribution < 1.29 is 55.6 Å². The number of carboxylic acids is 2. The average molecular weight is 559 g/mol. The summed E-state index contributed by atoms with van der Waals surface area (Å²) in [6.07, 6.45) is 1.66.